The zero-order valence-corrected chi connectivity index (χ0v) is 10.7. The number of allylic oxidation sites excluding steroid dienone is 2. The molecule has 2 rings (SSSR count). The highest BCUT2D eigenvalue weighted by atomic mass is 16.5. The maximum absolute atomic E-state index is 11.9. The van der Waals surface area contributed by atoms with E-state index in [0.29, 0.717) is 0 Å². The number of benzene rings is 1. The zero-order chi connectivity index (χ0) is 14.7. The van der Waals surface area contributed by atoms with Crippen LogP contribution in [0.4, 0.5) is 0 Å². The third kappa shape index (κ3) is 2.33. The molecule has 0 radical (unpaired) electrons. The van der Waals surface area contributed by atoms with Crippen molar-refractivity contribution >= 4 is 17.6 Å². The number of aliphatic hydroxyl groups excluding tert-OH is 2. The summed E-state index contributed by atoms with van der Waals surface area (Å²) in [6, 6.07) is 9.02. The van der Waals surface area contributed by atoms with Gasteiger partial charge < -0.3 is 14.9 Å². The minimum Gasteiger partial charge on any atom is -0.504 e. The van der Waals surface area contributed by atoms with Gasteiger partial charge in [-0.05, 0) is 11.6 Å². The predicted octanol–water partition coefficient (Wildman–Crippen LogP) is 2.08. The molecular formula is C15H12O5. The number of carbonyl (C=O) groups excluding carboxylic acids is 2. The summed E-state index contributed by atoms with van der Waals surface area (Å²) in [6.07, 6.45) is 2.69. The predicted molar refractivity (Wildman–Crippen MR) is 71.8 cm³/mol. The fraction of sp³-hybridized carbons (Fsp3) is 0.0667. The van der Waals surface area contributed by atoms with Crippen molar-refractivity contribution in [3.05, 3.63) is 64.8 Å². The number of rotatable bonds is 4. The molecule has 1 aliphatic carbocycles. The smallest absolute Gasteiger partial charge is 0.266 e. The molecule has 0 unspecified atom stereocenters. The molecule has 102 valence electrons. The first-order valence-electron chi connectivity index (χ1n) is 5.79. The molecule has 0 heterocycles. The molecule has 0 bridgehead atoms. The van der Waals surface area contributed by atoms with Crippen LogP contribution >= 0.6 is 0 Å². The summed E-state index contributed by atoms with van der Waals surface area (Å²) < 4.78 is 4.65. The van der Waals surface area contributed by atoms with Crippen LogP contribution in [0, 0.1) is 0 Å². The van der Waals surface area contributed by atoms with Gasteiger partial charge in [0.05, 0.1) is 7.11 Å². The van der Waals surface area contributed by atoms with Gasteiger partial charge in [-0.1, -0.05) is 36.4 Å². The number of ether oxygens (including phenoxy) is 1. The molecule has 0 aromatic heterocycles. The van der Waals surface area contributed by atoms with Gasteiger partial charge in [-0.2, -0.15) is 0 Å². The first-order chi connectivity index (χ1) is 9.56. The van der Waals surface area contributed by atoms with Crippen molar-refractivity contribution < 1.29 is 24.5 Å². The number of carbonyl (C=O) groups is 2. The van der Waals surface area contributed by atoms with Crippen molar-refractivity contribution in [2.45, 2.75) is 0 Å². The van der Waals surface area contributed by atoms with Gasteiger partial charge in [-0.25, -0.2) is 0 Å². The van der Waals surface area contributed by atoms with Gasteiger partial charge in [0.2, 0.25) is 5.76 Å². The second-order valence-corrected chi connectivity index (χ2v) is 4.04. The Hall–Kier alpha value is -2.82. The lowest BCUT2D eigenvalue weighted by molar-refractivity contribution is -0.117. The second-order valence-electron chi connectivity index (χ2n) is 4.04. The van der Waals surface area contributed by atoms with E-state index < -0.39 is 34.4 Å². The summed E-state index contributed by atoms with van der Waals surface area (Å²) in [5.41, 5.74) is 0.333. The molecule has 0 atom stereocenters. The van der Waals surface area contributed by atoms with Gasteiger partial charge in [-0.3, -0.25) is 9.59 Å². The Morgan fingerprint density at radius 1 is 1.15 bits per heavy atom. The summed E-state index contributed by atoms with van der Waals surface area (Å²) in [4.78, 5) is 23.4. The monoisotopic (exact) mass is 272 g/mol. The molecule has 0 saturated carbocycles. The highest BCUT2D eigenvalue weighted by Crippen LogP contribution is 2.27. The minimum atomic E-state index is -0.901. The van der Waals surface area contributed by atoms with Crippen molar-refractivity contribution in [2.75, 3.05) is 7.11 Å². The fourth-order valence-electron chi connectivity index (χ4n) is 1.80. The van der Waals surface area contributed by atoms with Crippen LogP contribution in [-0.4, -0.2) is 28.9 Å². The van der Waals surface area contributed by atoms with Gasteiger partial charge in [0.1, 0.15) is 5.57 Å². The van der Waals surface area contributed by atoms with E-state index in [0.717, 1.165) is 5.56 Å². The number of hydrogen-bond donors (Lipinski definition) is 2. The maximum Gasteiger partial charge on any atom is 0.266 e. The fourth-order valence-corrected chi connectivity index (χ4v) is 1.80. The Morgan fingerprint density at radius 3 is 2.35 bits per heavy atom. The minimum absolute atomic E-state index is 0.432. The third-order valence-corrected chi connectivity index (χ3v) is 2.79. The largest absolute Gasteiger partial charge is 0.504 e. The van der Waals surface area contributed by atoms with Crippen molar-refractivity contribution in [3.8, 4) is 0 Å². The summed E-state index contributed by atoms with van der Waals surface area (Å²) in [7, 11) is 1.17. The third-order valence-electron chi connectivity index (χ3n) is 2.79. The average Bonchev–Trinajstić information content (AvgIpc) is 2.67. The van der Waals surface area contributed by atoms with E-state index in [-0.39, 0.29) is 0 Å². The Balaban J connectivity index is 2.28. The standard InChI is InChI=1S/C15H12O5/c1-20-15-13(18)11(12(17)14(15)19)10(16)8-7-9-5-3-2-4-6-9/h2-8,18H,1H3,(H,17,19)/b8-7+. The van der Waals surface area contributed by atoms with Gasteiger partial charge >= 0.3 is 0 Å². The number of Topliss-reactive ketones (excluding diaryl/α,β-unsaturated/α-hetero) is 1. The lowest BCUT2D eigenvalue weighted by Gasteiger charge is -1.99. The number of hydrogen-bond acceptors (Lipinski definition) is 5. The van der Waals surface area contributed by atoms with E-state index in [1.807, 2.05) is 6.07 Å². The average molecular weight is 272 g/mol. The lowest BCUT2D eigenvalue weighted by atomic mass is 10.1. The highest BCUT2D eigenvalue weighted by Gasteiger charge is 2.36. The molecule has 20 heavy (non-hydrogen) atoms. The van der Waals surface area contributed by atoms with E-state index >= 15 is 0 Å². The normalized spacial score (nSPS) is 15.3. The molecule has 0 saturated heterocycles. The Bertz CT molecular complexity index is 650. The topological polar surface area (TPSA) is 83.8 Å². The van der Waals surface area contributed by atoms with E-state index in [2.05, 4.69) is 4.74 Å². The highest BCUT2D eigenvalue weighted by molar-refractivity contribution is 6.21. The molecule has 2 N–H and O–H groups in total. The molecule has 0 spiro atoms. The Kier molecular flexibility index (Phi) is 3.70. The summed E-state index contributed by atoms with van der Waals surface area (Å²) in [5, 5.41) is 19.3. The van der Waals surface area contributed by atoms with Crippen molar-refractivity contribution in [1.29, 1.82) is 0 Å². The molecule has 5 nitrogen and oxygen atoms in total. The van der Waals surface area contributed by atoms with Gasteiger partial charge in [0.25, 0.3) is 5.78 Å². The SMILES string of the molecule is COC1=C(O)C(C(=O)/C=C/c2ccccc2)=C(O)C1=O. The molecule has 0 fully saturated rings. The number of aliphatic hydroxyl groups is 2. The van der Waals surface area contributed by atoms with Gasteiger partial charge in [0, 0.05) is 0 Å². The number of ketones is 2. The summed E-state index contributed by atoms with van der Waals surface area (Å²) in [5.74, 6) is -3.45. The van der Waals surface area contributed by atoms with E-state index in [1.165, 1.54) is 19.3 Å². The molecule has 0 amide bonds. The number of methoxy groups -OCH3 is 1. The maximum atomic E-state index is 11.9. The second kappa shape index (κ2) is 5.44. The van der Waals surface area contributed by atoms with Crippen LogP contribution in [0.25, 0.3) is 6.08 Å². The molecule has 5 heteroatoms. The van der Waals surface area contributed by atoms with Crippen LogP contribution in [0.1, 0.15) is 5.56 Å². The van der Waals surface area contributed by atoms with Crippen LogP contribution in [0.3, 0.4) is 0 Å². The molecule has 1 aromatic rings. The zero-order valence-electron chi connectivity index (χ0n) is 10.7. The van der Waals surface area contributed by atoms with Crippen molar-refractivity contribution in [3.63, 3.8) is 0 Å². The van der Waals surface area contributed by atoms with Crippen LogP contribution in [0.5, 0.6) is 0 Å². The van der Waals surface area contributed by atoms with E-state index in [1.54, 1.807) is 24.3 Å². The molecular weight excluding hydrogens is 260 g/mol. The molecule has 1 aromatic carbocycles. The van der Waals surface area contributed by atoms with Crippen LogP contribution in [0.2, 0.25) is 0 Å². The van der Waals surface area contributed by atoms with Gasteiger partial charge in [0.15, 0.2) is 17.3 Å². The molecule has 0 aliphatic heterocycles. The summed E-state index contributed by atoms with van der Waals surface area (Å²) >= 11 is 0. The first kappa shape index (κ1) is 13.6. The molecule has 1 aliphatic rings. The van der Waals surface area contributed by atoms with Crippen LogP contribution in [-0.2, 0) is 14.3 Å². The van der Waals surface area contributed by atoms with Crippen LogP contribution in [0.15, 0.2) is 59.3 Å². The lowest BCUT2D eigenvalue weighted by Crippen LogP contribution is -2.04. The Labute approximate surface area is 115 Å². The van der Waals surface area contributed by atoms with Crippen molar-refractivity contribution in [1.82, 2.24) is 0 Å². The van der Waals surface area contributed by atoms with Crippen LogP contribution < -0.4 is 0 Å². The first-order valence-corrected chi connectivity index (χ1v) is 5.79. The van der Waals surface area contributed by atoms with E-state index in [4.69, 9.17) is 0 Å². The van der Waals surface area contributed by atoms with Crippen molar-refractivity contribution in [2.24, 2.45) is 0 Å². The summed E-state index contributed by atoms with van der Waals surface area (Å²) in [6.45, 7) is 0. The quantitative estimate of drug-likeness (QED) is 0.820. The Morgan fingerprint density at radius 2 is 1.80 bits per heavy atom. The van der Waals surface area contributed by atoms with Gasteiger partial charge in [-0.15, -0.1) is 0 Å². The van der Waals surface area contributed by atoms with E-state index in [9.17, 15) is 19.8 Å².